The van der Waals surface area contributed by atoms with E-state index in [9.17, 15) is 4.79 Å². The first-order chi connectivity index (χ1) is 11.4. The summed E-state index contributed by atoms with van der Waals surface area (Å²) in [6.45, 7) is 6.65. The molecule has 0 radical (unpaired) electrons. The van der Waals surface area contributed by atoms with Gasteiger partial charge in [0, 0.05) is 20.9 Å². The summed E-state index contributed by atoms with van der Waals surface area (Å²) >= 11 is 9.97. The molecule has 1 atom stereocenters. The van der Waals surface area contributed by atoms with E-state index < -0.39 is 0 Å². The monoisotopic (exact) mass is 372 g/mol. The van der Waals surface area contributed by atoms with Crippen LogP contribution >= 0.6 is 35.1 Å². The van der Waals surface area contributed by atoms with Crippen LogP contribution < -0.4 is 0 Å². The molecule has 0 aromatic heterocycles. The van der Waals surface area contributed by atoms with Crippen molar-refractivity contribution in [3.8, 4) is 0 Å². The Labute approximate surface area is 155 Å². The van der Waals surface area contributed by atoms with Crippen molar-refractivity contribution in [2.45, 2.75) is 41.4 Å². The van der Waals surface area contributed by atoms with Crippen LogP contribution in [0.3, 0.4) is 0 Å². The van der Waals surface area contributed by atoms with Crippen LogP contribution in [0.1, 0.15) is 47.6 Å². The Morgan fingerprint density at radius 1 is 1.00 bits per heavy atom. The lowest BCUT2D eigenvalue weighted by Gasteiger charge is -2.19. The number of ketones is 1. The molecule has 0 bridgehead atoms. The van der Waals surface area contributed by atoms with Gasteiger partial charge in [-0.05, 0) is 28.7 Å². The van der Waals surface area contributed by atoms with Gasteiger partial charge in [-0.2, -0.15) is 0 Å². The van der Waals surface area contributed by atoms with Crippen molar-refractivity contribution in [3.63, 3.8) is 0 Å². The Hall–Kier alpha value is -1.16. The second-order valence-corrected chi connectivity index (χ2v) is 9.89. The first-order valence-corrected chi connectivity index (χ1v) is 9.95. The van der Waals surface area contributed by atoms with Crippen LogP contribution in [-0.4, -0.2) is 5.78 Å². The Kier molecular flexibility index (Phi) is 3.87. The van der Waals surface area contributed by atoms with Crippen molar-refractivity contribution < 1.29 is 4.79 Å². The van der Waals surface area contributed by atoms with Crippen molar-refractivity contribution in [2.75, 3.05) is 0 Å². The number of fused-ring (bicyclic) bond motifs is 2. The molecule has 1 aliphatic heterocycles. The summed E-state index contributed by atoms with van der Waals surface area (Å²) in [5.41, 5.74) is 3.84. The summed E-state index contributed by atoms with van der Waals surface area (Å²) < 4.78 is 1.03. The Morgan fingerprint density at radius 2 is 1.71 bits per heavy atom. The Bertz CT molecular complexity index is 893. The summed E-state index contributed by atoms with van der Waals surface area (Å²) in [5, 5.41) is -0.347. The number of alkyl halides is 1. The van der Waals surface area contributed by atoms with E-state index in [4.69, 9.17) is 11.6 Å². The largest absolute Gasteiger partial charge is 0.289 e. The normalized spacial score (nSPS) is 22.7. The van der Waals surface area contributed by atoms with Gasteiger partial charge in [0.2, 0.25) is 0 Å². The minimum Gasteiger partial charge on any atom is -0.289 e. The fourth-order valence-corrected chi connectivity index (χ4v) is 6.18. The highest BCUT2D eigenvalue weighted by molar-refractivity contribution is 8.24. The van der Waals surface area contributed by atoms with Gasteiger partial charge < -0.3 is 0 Å². The minimum atomic E-state index is -0.347. The SMILES string of the molecule is CC(C)(C)c1ccc2c(c1)SC(=C1C(=O)c3ccccc3C1Cl)S2. The lowest BCUT2D eigenvalue weighted by Crippen LogP contribution is -2.10. The molecule has 2 aromatic carbocycles. The maximum atomic E-state index is 12.8. The predicted molar refractivity (Wildman–Crippen MR) is 103 cm³/mol. The number of Topliss-reactive ketones (excluding diaryl/α,β-unsaturated/α-hetero) is 1. The molecule has 0 saturated heterocycles. The van der Waals surface area contributed by atoms with Crippen LogP contribution in [0.15, 0.2) is 62.1 Å². The molecular weight excluding hydrogens is 356 g/mol. The molecule has 1 heterocycles. The first-order valence-electron chi connectivity index (χ1n) is 7.88. The zero-order chi connectivity index (χ0) is 17.1. The molecule has 1 aliphatic carbocycles. The second-order valence-electron chi connectivity index (χ2n) is 7.10. The third-order valence-electron chi connectivity index (χ3n) is 4.41. The van der Waals surface area contributed by atoms with Gasteiger partial charge in [0.25, 0.3) is 0 Å². The maximum Gasteiger partial charge on any atom is 0.192 e. The van der Waals surface area contributed by atoms with Crippen LogP contribution in [0.4, 0.5) is 0 Å². The van der Waals surface area contributed by atoms with E-state index >= 15 is 0 Å². The van der Waals surface area contributed by atoms with E-state index in [0.29, 0.717) is 0 Å². The lowest BCUT2D eigenvalue weighted by molar-refractivity contribution is 0.103. The number of carbonyl (C=O) groups is 1. The molecule has 24 heavy (non-hydrogen) atoms. The number of thioether (sulfide) groups is 2. The molecule has 4 heteroatoms. The van der Waals surface area contributed by atoms with Crippen LogP contribution in [0, 0.1) is 0 Å². The van der Waals surface area contributed by atoms with Gasteiger partial charge >= 0.3 is 0 Å². The second kappa shape index (κ2) is 5.69. The number of rotatable bonds is 0. The third-order valence-corrected chi connectivity index (χ3v) is 7.44. The van der Waals surface area contributed by atoms with Gasteiger partial charge in [-0.3, -0.25) is 4.79 Å². The van der Waals surface area contributed by atoms with Crippen LogP contribution in [0.2, 0.25) is 0 Å². The van der Waals surface area contributed by atoms with Crippen LogP contribution in [0.25, 0.3) is 0 Å². The van der Waals surface area contributed by atoms with Gasteiger partial charge in [-0.1, -0.05) is 74.6 Å². The standard InChI is InChI=1S/C20H17ClOS2/c1-20(2,3)11-8-9-14-15(10-11)24-19(23-14)16-17(21)12-6-4-5-7-13(12)18(16)22/h4-10,17H,1-3H3. The van der Waals surface area contributed by atoms with Crippen molar-refractivity contribution >= 4 is 40.9 Å². The van der Waals surface area contributed by atoms with Gasteiger partial charge in [-0.15, -0.1) is 11.6 Å². The molecule has 0 amide bonds. The van der Waals surface area contributed by atoms with E-state index in [1.807, 2.05) is 24.3 Å². The fourth-order valence-electron chi connectivity index (χ4n) is 3.01. The van der Waals surface area contributed by atoms with E-state index in [1.165, 1.54) is 15.4 Å². The molecular formula is C20H17ClOS2. The predicted octanol–water partition coefficient (Wildman–Crippen LogP) is 6.57. The Balaban J connectivity index is 1.75. The van der Waals surface area contributed by atoms with E-state index in [0.717, 1.165) is 20.9 Å². The molecule has 122 valence electrons. The highest BCUT2D eigenvalue weighted by Gasteiger charge is 2.37. The first kappa shape index (κ1) is 16.3. The summed E-state index contributed by atoms with van der Waals surface area (Å²) in [6.07, 6.45) is 0. The number of hydrogen-bond acceptors (Lipinski definition) is 3. The molecule has 2 aliphatic rings. The smallest absolute Gasteiger partial charge is 0.192 e. The van der Waals surface area contributed by atoms with E-state index in [2.05, 4.69) is 39.0 Å². The molecule has 1 nitrogen and oxygen atoms in total. The average molecular weight is 373 g/mol. The van der Waals surface area contributed by atoms with Gasteiger partial charge in [-0.25, -0.2) is 0 Å². The zero-order valence-corrected chi connectivity index (χ0v) is 16.1. The minimum absolute atomic E-state index is 0.0736. The summed E-state index contributed by atoms with van der Waals surface area (Å²) in [6, 6.07) is 14.3. The molecule has 2 aromatic rings. The van der Waals surface area contributed by atoms with Gasteiger partial charge in [0.15, 0.2) is 5.78 Å². The van der Waals surface area contributed by atoms with Gasteiger partial charge in [0.1, 0.15) is 0 Å². The van der Waals surface area contributed by atoms with Crippen molar-refractivity contribution in [2.24, 2.45) is 0 Å². The van der Waals surface area contributed by atoms with Crippen LogP contribution in [-0.2, 0) is 5.41 Å². The topological polar surface area (TPSA) is 17.1 Å². The third kappa shape index (κ3) is 2.54. The maximum absolute atomic E-state index is 12.8. The summed E-state index contributed by atoms with van der Waals surface area (Å²) in [4.78, 5) is 15.2. The number of hydrogen-bond donors (Lipinski definition) is 0. The molecule has 0 saturated carbocycles. The number of allylic oxidation sites excluding steroid dienone is 1. The van der Waals surface area contributed by atoms with E-state index in [1.54, 1.807) is 23.5 Å². The molecule has 4 rings (SSSR count). The van der Waals surface area contributed by atoms with Crippen LogP contribution in [0.5, 0.6) is 0 Å². The summed E-state index contributed by atoms with van der Waals surface area (Å²) in [7, 11) is 0. The molecule has 0 fully saturated rings. The molecule has 0 N–H and O–H groups in total. The lowest BCUT2D eigenvalue weighted by atomic mass is 9.87. The van der Waals surface area contributed by atoms with Crippen molar-refractivity contribution in [1.29, 1.82) is 0 Å². The molecule has 1 unspecified atom stereocenters. The van der Waals surface area contributed by atoms with Crippen molar-refractivity contribution in [3.05, 3.63) is 69.0 Å². The zero-order valence-electron chi connectivity index (χ0n) is 13.7. The highest BCUT2D eigenvalue weighted by Crippen LogP contribution is 2.57. The number of carbonyl (C=O) groups excluding carboxylic acids is 1. The summed E-state index contributed by atoms with van der Waals surface area (Å²) in [5.74, 6) is 0.0736. The molecule has 0 spiro atoms. The van der Waals surface area contributed by atoms with Gasteiger partial charge in [0.05, 0.1) is 9.61 Å². The average Bonchev–Trinajstić information content (AvgIpc) is 3.06. The highest BCUT2D eigenvalue weighted by atomic mass is 35.5. The number of halogens is 1. The van der Waals surface area contributed by atoms with Crippen molar-refractivity contribution in [1.82, 2.24) is 0 Å². The number of benzene rings is 2. The van der Waals surface area contributed by atoms with E-state index in [-0.39, 0.29) is 16.6 Å². The Morgan fingerprint density at radius 3 is 2.42 bits per heavy atom. The quantitative estimate of drug-likeness (QED) is 0.384. The fraction of sp³-hybridized carbons (Fsp3) is 0.250.